The van der Waals surface area contributed by atoms with Crippen LogP contribution in [-0.4, -0.2) is 6.71 Å². The van der Waals surface area contributed by atoms with Crippen LogP contribution >= 0.6 is 0 Å². The van der Waals surface area contributed by atoms with Gasteiger partial charge in [0.1, 0.15) is 0 Å². The van der Waals surface area contributed by atoms with Crippen molar-refractivity contribution in [2.75, 3.05) is 14.7 Å². The van der Waals surface area contributed by atoms with Crippen LogP contribution in [0.2, 0.25) is 0 Å². The number of para-hydroxylation sites is 2. The number of anilines is 9. The Kier molecular flexibility index (Phi) is 10.5. The number of fused-ring (bicyclic) bond motifs is 6. The number of aryl methyl sites for hydroxylation is 1. The van der Waals surface area contributed by atoms with E-state index in [9.17, 15) is 0 Å². The molecule has 4 heteroatoms. The largest absolute Gasteiger partial charge is 0.311 e. The van der Waals surface area contributed by atoms with Crippen molar-refractivity contribution in [1.29, 1.82) is 0 Å². The number of hydrogen-bond donors (Lipinski definition) is 0. The van der Waals surface area contributed by atoms with Crippen LogP contribution in [0.25, 0.3) is 22.3 Å². The molecule has 0 amide bonds. The lowest BCUT2D eigenvalue weighted by Gasteiger charge is -2.47. The number of nitrogens with zero attached hydrogens (tertiary/aromatic N) is 3. The first-order valence-electron chi connectivity index (χ1n) is 27.0. The molecule has 0 radical (unpaired) electrons. The Morgan fingerprint density at radius 3 is 1.39 bits per heavy atom. The molecule has 0 bridgehead atoms. The summed E-state index contributed by atoms with van der Waals surface area (Å²) in [7, 11) is 0. The summed E-state index contributed by atoms with van der Waals surface area (Å²) in [5, 5.41) is 0. The lowest BCUT2D eigenvalue weighted by atomic mass is 9.33. The zero-order valence-corrected chi connectivity index (χ0v) is 44.6. The van der Waals surface area contributed by atoms with E-state index in [1.165, 1.54) is 101 Å². The molecule has 0 aromatic heterocycles. The lowest BCUT2D eigenvalue weighted by Crippen LogP contribution is -2.61. The molecule has 364 valence electrons. The highest BCUT2D eigenvalue weighted by atomic mass is 15.2. The number of benzene rings is 9. The Hall–Kier alpha value is -7.56. The maximum atomic E-state index is 2.72. The fourth-order valence-corrected chi connectivity index (χ4v) is 13.9. The monoisotopic (exact) mass is 960 g/mol. The zero-order valence-electron chi connectivity index (χ0n) is 44.6. The molecule has 9 aromatic rings. The van der Waals surface area contributed by atoms with Gasteiger partial charge in [-0.3, -0.25) is 0 Å². The molecule has 2 aliphatic heterocycles. The van der Waals surface area contributed by atoms with E-state index in [1.54, 1.807) is 0 Å². The molecule has 0 unspecified atom stereocenters. The van der Waals surface area contributed by atoms with Gasteiger partial charge in [-0.2, -0.15) is 0 Å². The SMILES string of the molecule is Cc1cc2c(cc1N1c3cc4c(cc3B3c5cc(-c6ccccc6)ccc5N(c5ccc(-c6ccccc6)cc5)c5cc(N(c6ccccc6)c6ccccc6)cc1c53)C(C)(C)CC4(C)C)C(C)(C)CCC2(C)C. The van der Waals surface area contributed by atoms with E-state index in [4.69, 9.17) is 0 Å². The van der Waals surface area contributed by atoms with Crippen molar-refractivity contribution in [3.63, 3.8) is 0 Å². The van der Waals surface area contributed by atoms with Crippen LogP contribution in [0.4, 0.5) is 51.2 Å². The van der Waals surface area contributed by atoms with Crippen molar-refractivity contribution in [3.8, 4) is 22.3 Å². The van der Waals surface area contributed by atoms with Gasteiger partial charge in [-0.1, -0.05) is 189 Å². The smallest absolute Gasteiger partial charge is 0.252 e. The van der Waals surface area contributed by atoms with Crippen LogP contribution in [0.3, 0.4) is 0 Å². The molecule has 0 saturated heterocycles. The maximum Gasteiger partial charge on any atom is 0.252 e. The number of rotatable bonds is 7. The molecular weight excluding hydrogens is 894 g/mol. The predicted molar refractivity (Wildman–Crippen MR) is 317 cm³/mol. The van der Waals surface area contributed by atoms with Gasteiger partial charge in [-0.05, 0) is 181 Å². The second kappa shape index (κ2) is 16.7. The van der Waals surface area contributed by atoms with Gasteiger partial charge in [0.25, 0.3) is 6.71 Å². The summed E-state index contributed by atoms with van der Waals surface area (Å²) < 4.78 is 0. The van der Waals surface area contributed by atoms with Gasteiger partial charge < -0.3 is 14.7 Å². The summed E-state index contributed by atoms with van der Waals surface area (Å²) in [4.78, 5) is 7.77. The Morgan fingerprint density at radius 1 is 0.365 bits per heavy atom. The normalized spacial score (nSPS) is 16.9. The first-order chi connectivity index (χ1) is 35.6. The summed E-state index contributed by atoms with van der Waals surface area (Å²) in [6.07, 6.45) is 3.42. The standard InChI is InChI=1S/C70H66BN3/c1-46-38-55-57(68(4,5)37-36-67(55,2)3)43-62(46)74-63-44-58-56(69(6,7)45-70(58,8)9)42-60(63)71-59-39-50(48-24-16-11-17-25-48)32-35-61(59)73(53-33-30-49(31-34-53)47-22-14-10-15-23-47)64-40-54(41-65(74)66(64)71)72(51-26-18-12-19-27-51)52-28-20-13-21-29-52/h10-35,38-44H,36-37,45H2,1-9H3. The molecule has 74 heavy (non-hydrogen) atoms. The third-order valence-corrected chi connectivity index (χ3v) is 17.6. The summed E-state index contributed by atoms with van der Waals surface area (Å²) in [5.74, 6) is 0. The van der Waals surface area contributed by atoms with Gasteiger partial charge >= 0.3 is 0 Å². The van der Waals surface area contributed by atoms with Crippen LogP contribution in [-0.2, 0) is 21.7 Å². The van der Waals surface area contributed by atoms with Crippen LogP contribution in [0.15, 0.2) is 200 Å². The second-order valence-corrected chi connectivity index (χ2v) is 24.4. The Labute approximate surface area is 440 Å². The fraction of sp³-hybridized carbons (Fsp3) is 0.229. The van der Waals surface area contributed by atoms with Crippen molar-refractivity contribution in [2.24, 2.45) is 0 Å². The van der Waals surface area contributed by atoms with E-state index < -0.39 is 0 Å². The minimum Gasteiger partial charge on any atom is -0.311 e. The molecule has 0 fully saturated rings. The van der Waals surface area contributed by atoms with Gasteiger partial charge in [0.2, 0.25) is 0 Å². The van der Waals surface area contributed by atoms with Crippen molar-refractivity contribution in [2.45, 2.75) is 103 Å². The van der Waals surface area contributed by atoms with E-state index >= 15 is 0 Å². The summed E-state index contributed by atoms with van der Waals surface area (Å²) in [6, 6.07) is 75.7. The quantitative estimate of drug-likeness (QED) is 0.147. The predicted octanol–water partition coefficient (Wildman–Crippen LogP) is 17.2. The van der Waals surface area contributed by atoms with Crippen molar-refractivity contribution in [3.05, 3.63) is 228 Å². The number of hydrogen-bond acceptors (Lipinski definition) is 3. The maximum absolute atomic E-state index is 2.72. The average molecular weight is 960 g/mol. The van der Waals surface area contributed by atoms with Crippen molar-refractivity contribution < 1.29 is 0 Å². The van der Waals surface area contributed by atoms with Crippen LogP contribution in [0.5, 0.6) is 0 Å². The highest BCUT2D eigenvalue weighted by Crippen LogP contribution is 2.55. The Balaban J connectivity index is 1.18. The second-order valence-electron chi connectivity index (χ2n) is 24.4. The molecule has 0 spiro atoms. The third kappa shape index (κ3) is 7.30. The van der Waals surface area contributed by atoms with Gasteiger partial charge in [0.05, 0.1) is 5.69 Å². The summed E-state index contributed by atoms with van der Waals surface area (Å²) >= 11 is 0. The van der Waals surface area contributed by atoms with Crippen LogP contribution in [0.1, 0.15) is 102 Å². The van der Waals surface area contributed by atoms with E-state index in [0.717, 1.165) is 35.6 Å². The van der Waals surface area contributed by atoms with Gasteiger partial charge in [0.15, 0.2) is 0 Å². The first kappa shape index (κ1) is 46.2. The lowest BCUT2D eigenvalue weighted by molar-refractivity contribution is 0.332. The van der Waals surface area contributed by atoms with E-state index in [0.29, 0.717) is 0 Å². The van der Waals surface area contributed by atoms with Gasteiger partial charge in [-0.25, -0.2) is 0 Å². The molecule has 2 heterocycles. The minimum absolute atomic E-state index is 0.00475. The van der Waals surface area contributed by atoms with E-state index in [2.05, 4.69) is 277 Å². The van der Waals surface area contributed by atoms with Crippen LogP contribution in [0, 0.1) is 6.92 Å². The molecular formula is C70H66BN3. The molecule has 3 nitrogen and oxygen atoms in total. The Bertz CT molecular complexity index is 3610. The Morgan fingerprint density at radius 2 is 0.811 bits per heavy atom. The van der Waals surface area contributed by atoms with Crippen molar-refractivity contribution in [1.82, 2.24) is 0 Å². The molecule has 9 aromatic carbocycles. The zero-order chi connectivity index (χ0) is 50.9. The van der Waals surface area contributed by atoms with E-state index in [-0.39, 0.29) is 28.4 Å². The van der Waals surface area contributed by atoms with Crippen LogP contribution < -0.4 is 31.1 Å². The highest BCUT2D eigenvalue weighted by Gasteiger charge is 2.49. The molecule has 2 aliphatic carbocycles. The van der Waals surface area contributed by atoms with E-state index in [1.807, 2.05) is 0 Å². The summed E-state index contributed by atoms with van der Waals surface area (Å²) in [6.45, 7) is 22.1. The van der Waals surface area contributed by atoms with Gasteiger partial charge in [0, 0.05) is 45.5 Å². The topological polar surface area (TPSA) is 9.72 Å². The first-order valence-corrected chi connectivity index (χ1v) is 27.0. The minimum atomic E-state index is -0.0566. The molecule has 0 N–H and O–H groups in total. The average Bonchev–Trinajstić information content (AvgIpc) is 3.62. The van der Waals surface area contributed by atoms with Crippen molar-refractivity contribution >= 4 is 74.3 Å². The molecule has 0 saturated carbocycles. The molecule has 4 aliphatic rings. The highest BCUT2D eigenvalue weighted by molar-refractivity contribution is 7.00. The molecule has 13 rings (SSSR count). The van der Waals surface area contributed by atoms with Gasteiger partial charge in [-0.15, -0.1) is 0 Å². The fourth-order valence-electron chi connectivity index (χ4n) is 13.9. The third-order valence-electron chi connectivity index (χ3n) is 17.6. The molecule has 0 atom stereocenters. The summed E-state index contributed by atoms with van der Waals surface area (Å²) in [5.41, 5.74) is 26.8.